The fraction of sp³-hybridized carbons (Fsp3) is 0.517. The molecule has 1 aliphatic carbocycles. The van der Waals surface area contributed by atoms with E-state index in [0.717, 1.165) is 43.1 Å². The van der Waals surface area contributed by atoms with Crippen molar-refractivity contribution in [3.8, 4) is 11.5 Å². The van der Waals surface area contributed by atoms with Crippen molar-refractivity contribution >= 4 is 27.5 Å². The predicted octanol–water partition coefficient (Wildman–Crippen LogP) is 3.79. The van der Waals surface area contributed by atoms with E-state index in [0.29, 0.717) is 43.4 Å². The minimum atomic E-state index is -3.61. The Labute approximate surface area is 231 Å². The van der Waals surface area contributed by atoms with Crippen LogP contribution < -0.4 is 19.1 Å². The van der Waals surface area contributed by atoms with Crippen molar-refractivity contribution in [3.05, 3.63) is 53.6 Å². The number of rotatable bonds is 11. The lowest BCUT2D eigenvalue weighted by molar-refractivity contribution is -0.141. The standard InChI is InChI=1S/C29H39N3O6S/c1-21-9-4-5-10-23(21)20-31(22(2)29(34)30-24-11-6-7-12-24)28(33)13-8-16-32(39(3,35)36)25-14-15-26-27(19-25)38-18-17-37-26/h4-5,9-10,14-15,19,22,24H,6-8,11-13,16-18,20H2,1-3H3,(H,30,34)/t22-/m0/s1. The van der Waals surface area contributed by atoms with E-state index in [1.165, 1.54) is 4.31 Å². The second-order valence-electron chi connectivity index (χ2n) is 10.4. The monoisotopic (exact) mass is 557 g/mol. The summed E-state index contributed by atoms with van der Waals surface area (Å²) in [5.41, 5.74) is 2.47. The zero-order chi connectivity index (χ0) is 28.0. The second-order valence-corrected chi connectivity index (χ2v) is 12.3. The van der Waals surface area contributed by atoms with Crippen molar-refractivity contribution in [3.63, 3.8) is 0 Å². The van der Waals surface area contributed by atoms with E-state index in [1.54, 1.807) is 30.0 Å². The first-order valence-corrected chi connectivity index (χ1v) is 15.5. The van der Waals surface area contributed by atoms with Crippen molar-refractivity contribution < 1.29 is 27.5 Å². The van der Waals surface area contributed by atoms with E-state index < -0.39 is 16.1 Å². The Morgan fingerprint density at radius 2 is 1.74 bits per heavy atom. The molecule has 0 bridgehead atoms. The number of sulfonamides is 1. The van der Waals surface area contributed by atoms with Crippen LogP contribution in [0.2, 0.25) is 0 Å². The van der Waals surface area contributed by atoms with Gasteiger partial charge >= 0.3 is 0 Å². The third-order valence-electron chi connectivity index (χ3n) is 7.44. The van der Waals surface area contributed by atoms with Crippen LogP contribution in [-0.4, -0.2) is 63.2 Å². The summed E-state index contributed by atoms with van der Waals surface area (Å²) in [5, 5.41) is 3.11. The normalized spacial score (nSPS) is 16.0. The first-order valence-electron chi connectivity index (χ1n) is 13.6. The smallest absolute Gasteiger partial charge is 0.242 e. The summed E-state index contributed by atoms with van der Waals surface area (Å²) >= 11 is 0. The number of nitrogens with zero attached hydrogens (tertiary/aromatic N) is 2. The number of carbonyl (C=O) groups excluding carboxylic acids is 2. The molecule has 9 nitrogen and oxygen atoms in total. The number of hydrogen-bond donors (Lipinski definition) is 1. The quantitative estimate of drug-likeness (QED) is 0.451. The molecule has 2 aliphatic rings. The maximum absolute atomic E-state index is 13.5. The number of hydrogen-bond acceptors (Lipinski definition) is 6. The molecule has 2 amide bonds. The van der Waals surface area contributed by atoms with Crippen LogP contribution in [0.3, 0.4) is 0 Å². The van der Waals surface area contributed by atoms with Crippen LogP contribution in [0.4, 0.5) is 5.69 Å². The van der Waals surface area contributed by atoms with Crippen molar-refractivity contribution in [1.82, 2.24) is 10.2 Å². The number of aryl methyl sites for hydroxylation is 1. The minimum Gasteiger partial charge on any atom is -0.486 e. The zero-order valence-corrected chi connectivity index (χ0v) is 23.8. The molecule has 1 saturated carbocycles. The number of carbonyl (C=O) groups is 2. The summed E-state index contributed by atoms with van der Waals surface area (Å²) in [7, 11) is -3.61. The van der Waals surface area contributed by atoms with E-state index >= 15 is 0 Å². The Morgan fingerprint density at radius 1 is 1.05 bits per heavy atom. The summed E-state index contributed by atoms with van der Waals surface area (Å²) in [6.45, 7) is 5.01. The summed E-state index contributed by atoms with van der Waals surface area (Å²) < 4.78 is 37.8. The first-order chi connectivity index (χ1) is 18.6. The van der Waals surface area contributed by atoms with Crippen LogP contribution in [0.1, 0.15) is 56.6 Å². The molecule has 1 N–H and O–H groups in total. The zero-order valence-electron chi connectivity index (χ0n) is 23.0. The number of ether oxygens (including phenoxy) is 2. The largest absolute Gasteiger partial charge is 0.486 e. The topological polar surface area (TPSA) is 105 Å². The number of anilines is 1. The van der Waals surface area contributed by atoms with Gasteiger partial charge in [-0.2, -0.15) is 0 Å². The second kappa shape index (κ2) is 12.7. The molecule has 0 radical (unpaired) electrons. The van der Waals surface area contributed by atoms with Gasteiger partial charge in [0.05, 0.1) is 11.9 Å². The summed E-state index contributed by atoms with van der Waals surface area (Å²) in [6.07, 6.45) is 5.67. The molecule has 1 fully saturated rings. The Bertz CT molecular complexity index is 1280. The van der Waals surface area contributed by atoms with E-state index in [4.69, 9.17) is 9.47 Å². The van der Waals surface area contributed by atoms with Gasteiger partial charge in [-0.3, -0.25) is 13.9 Å². The van der Waals surface area contributed by atoms with E-state index in [9.17, 15) is 18.0 Å². The molecule has 1 atom stereocenters. The SMILES string of the molecule is Cc1ccccc1CN(C(=O)CCCN(c1ccc2c(c1)OCCO2)S(C)(=O)=O)[C@@H](C)C(=O)NC1CCCC1. The van der Waals surface area contributed by atoms with Crippen molar-refractivity contribution in [1.29, 1.82) is 0 Å². The van der Waals surface area contributed by atoms with Gasteiger partial charge in [-0.25, -0.2) is 8.42 Å². The maximum atomic E-state index is 13.5. The van der Waals surface area contributed by atoms with E-state index in [-0.39, 0.29) is 30.8 Å². The lowest BCUT2D eigenvalue weighted by Gasteiger charge is -2.31. The van der Waals surface area contributed by atoms with Gasteiger partial charge in [0.1, 0.15) is 19.3 Å². The molecule has 2 aromatic carbocycles. The molecule has 0 aromatic heterocycles. The molecule has 0 unspecified atom stereocenters. The van der Waals surface area contributed by atoms with E-state index in [1.807, 2.05) is 31.2 Å². The Balaban J connectivity index is 1.46. The van der Waals surface area contributed by atoms with Crippen molar-refractivity contribution in [2.45, 2.75) is 71.0 Å². The third-order valence-corrected chi connectivity index (χ3v) is 8.63. The van der Waals surface area contributed by atoms with Crippen LogP contribution in [0.5, 0.6) is 11.5 Å². The molecule has 4 rings (SSSR count). The molecule has 1 aliphatic heterocycles. The molecule has 1 heterocycles. The van der Waals surface area contributed by atoms with Crippen LogP contribution in [0, 0.1) is 6.92 Å². The molecule has 2 aromatic rings. The number of nitrogens with one attached hydrogen (secondary N) is 1. The number of amides is 2. The van der Waals surface area contributed by atoms with Gasteiger partial charge in [-0.05, 0) is 56.4 Å². The summed E-state index contributed by atoms with van der Waals surface area (Å²) in [4.78, 5) is 28.3. The van der Waals surface area contributed by atoms with Gasteiger partial charge in [-0.15, -0.1) is 0 Å². The Hall–Kier alpha value is -3.27. The Kier molecular flexibility index (Phi) is 9.37. The van der Waals surface area contributed by atoms with E-state index in [2.05, 4.69) is 5.32 Å². The minimum absolute atomic E-state index is 0.101. The molecule has 0 saturated heterocycles. The van der Waals surface area contributed by atoms with Gasteiger partial charge in [0, 0.05) is 31.6 Å². The molecule has 0 spiro atoms. The highest BCUT2D eigenvalue weighted by Crippen LogP contribution is 2.34. The molecular formula is C29H39N3O6S. The average Bonchev–Trinajstić information content (AvgIpc) is 3.42. The van der Waals surface area contributed by atoms with Crippen LogP contribution in [0.25, 0.3) is 0 Å². The van der Waals surface area contributed by atoms with Crippen molar-refractivity contribution in [2.24, 2.45) is 0 Å². The fourth-order valence-electron chi connectivity index (χ4n) is 5.14. The summed E-state index contributed by atoms with van der Waals surface area (Å²) in [6, 6.07) is 12.3. The molecule has 212 valence electrons. The highest BCUT2D eigenvalue weighted by molar-refractivity contribution is 7.92. The Morgan fingerprint density at radius 3 is 2.44 bits per heavy atom. The van der Waals surface area contributed by atoms with Crippen LogP contribution in [0.15, 0.2) is 42.5 Å². The number of benzene rings is 2. The highest BCUT2D eigenvalue weighted by Gasteiger charge is 2.29. The lowest BCUT2D eigenvalue weighted by Crippen LogP contribution is -2.49. The molecular weight excluding hydrogens is 518 g/mol. The fourth-order valence-corrected chi connectivity index (χ4v) is 6.09. The predicted molar refractivity (Wildman–Crippen MR) is 150 cm³/mol. The van der Waals surface area contributed by atoms with Gasteiger partial charge in [-0.1, -0.05) is 37.1 Å². The summed E-state index contributed by atoms with van der Waals surface area (Å²) in [5.74, 6) is 0.723. The number of fused-ring (bicyclic) bond motifs is 1. The molecule has 39 heavy (non-hydrogen) atoms. The van der Waals surface area contributed by atoms with Gasteiger partial charge in [0.25, 0.3) is 0 Å². The average molecular weight is 558 g/mol. The van der Waals surface area contributed by atoms with Gasteiger partial charge < -0.3 is 19.7 Å². The van der Waals surface area contributed by atoms with Crippen LogP contribution in [-0.2, 0) is 26.2 Å². The third kappa shape index (κ3) is 7.44. The maximum Gasteiger partial charge on any atom is 0.242 e. The lowest BCUT2D eigenvalue weighted by atomic mass is 10.1. The van der Waals surface area contributed by atoms with Crippen LogP contribution >= 0.6 is 0 Å². The first kappa shape index (κ1) is 28.7. The highest BCUT2D eigenvalue weighted by atomic mass is 32.2. The molecule has 10 heteroatoms. The van der Waals surface area contributed by atoms with Crippen molar-refractivity contribution in [2.75, 3.05) is 30.3 Å². The van der Waals surface area contributed by atoms with Gasteiger partial charge in [0.15, 0.2) is 11.5 Å². The van der Waals surface area contributed by atoms with Gasteiger partial charge in [0.2, 0.25) is 21.8 Å².